The van der Waals surface area contributed by atoms with Crippen LogP contribution in [0.5, 0.6) is 0 Å². The van der Waals surface area contributed by atoms with Gasteiger partial charge in [-0.05, 0) is 26.2 Å². The maximum Gasteiger partial charge on any atom is 0.234 e. The Hall–Kier alpha value is -0.610. The zero-order chi connectivity index (χ0) is 9.97. The predicted octanol–water partition coefficient (Wildman–Crippen LogP) is 0.0320. The average molecular weight is 198 g/mol. The first-order valence-corrected chi connectivity index (χ1v) is 5.40. The lowest BCUT2D eigenvalue weighted by Gasteiger charge is -2.15. The number of hydrogen-bond acceptors (Lipinski definition) is 3. The van der Waals surface area contributed by atoms with Gasteiger partial charge in [-0.3, -0.25) is 4.79 Å². The first kappa shape index (κ1) is 9.93. The molecule has 4 nitrogen and oxygen atoms in total. The molecule has 0 spiro atoms. The second kappa shape index (κ2) is 4.28. The van der Waals surface area contributed by atoms with E-state index in [-0.39, 0.29) is 18.1 Å². The van der Waals surface area contributed by atoms with Crippen LogP contribution in [0.2, 0.25) is 0 Å². The fourth-order valence-corrected chi connectivity index (χ4v) is 1.70. The van der Waals surface area contributed by atoms with Gasteiger partial charge < -0.3 is 15.4 Å². The standard InChI is InChI=1S/C10H18N2O2/c1-7-9(4-5-14-7)12-10(13)6-11-8-2-3-8/h7-9,11H,2-6H2,1H3,(H,12,13). The molecule has 0 radical (unpaired) electrons. The number of hydrogen-bond donors (Lipinski definition) is 2. The molecule has 2 N–H and O–H groups in total. The summed E-state index contributed by atoms with van der Waals surface area (Å²) in [6.07, 6.45) is 3.54. The van der Waals surface area contributed by atoms with Crippen LogP contribution in [0, 0.1) is 0 Å². The van der Waals surface area contributed by atoms with E-state index in [4.69, 9.17) is 4.74 Å². The topological polar surface area (TPSA) is 50.4 Å². The smallest absolute Gasteiger partial charge is 0.234 e. The fraction of sp³-hybridized carbons (Fsp3) is 0.900. The molecule has 0 aromatic carbocycles. The van der Waals surface area contributed by atoms with Gasteiger partial charge in [0.2, 0.25) is 5.91 Å². The Labute approximate surface area is 84.4 Å². The molecule has 0 bridgehead atoms. The molecule has 1 amide bonds. The molecule has 2 unspecified atom stereocenters. The van der Waals surface area contributed by atoms with Gasteiger partial charge in [0.25, 0.3) is 0 Å². The van der Waals surface area contributed by atoms with Crippen LogP contribution in [-0.2, 0) is 9.53 Å². The highest BCUT2D eigenvalue weighted by Gasteiger charge is 2.26. The van der Waals surface area contributed by atoms with Gasteiger partial charge in [0.05, 0.1) is 18.7 Å². The summed E-state index contributed by atoms with van der Waals surface area (Å²) in [6, 6.07) is 0.807. The quantitative estimate of drug-likeness (QED) is 0.670. The van der Waals surface area contributed by atoms with Gasteiger partial charge in [0.15, 0.2) is 0 Å². The molecule has 14 heavy (non-hydrogen) atoms. The van der Waals surface area contributed by atoms with Crippen molar-refractivity contribution in [2.24, 2.45) is 0 Å². The van der Waals surface area contributed by atoms with Crippen molar-refractivity contribution in [2.75, 3.05) is 13.2 Å². The molecule has 80 valence electrons. The summed E-state index contributed by atoms with van der Waals surface area (Å²) < 4.78 is 5.37. The van der Waals surface area contributed by atoms with Crippen LogP contribution in [-0.4, -0.2) is 37.2 Å². The largest absolute Gasteiger partial charge is 0.376 e. The normalized spacial score (nSPS) is 31.8. The van der Waals surface area contributed by atoms with Crippen molar-refractivity contribution in [3.8, 4) is 0 Å². The van der Waals surface area contributed by atoms with Gasteiger partial charge in [0, 0.05) is 12.6 Å². The van der Waals surface area contributed by atoms with Crippen molar-refractivity contribution in [3.05, 3.63) is 0 Å². The fourth-order valence-electron chi connectivity index (χ4n) is 1.70. The highest BCUT2D eigenvalue weighted by atomic mass is 16.5. The summed E-state index contributed by atoms with van der Waals surface area (Å²) in [4.78, 5) is 11.4. The average Bonchev–Trinajstić information content (AvgIpc) is 2.90. The third kappa shape index (κ3) is 2.69. The van der Waals surface area contributed by atoms with Crippen LogP contribution >= 0.6 is 0 Å². The zero-order valence-electron chi connectivity index (χ0n) is 8.58. The first-order chi connectivity index (χ1) is 6.75. The Balaban J connectivity index is 1.64. The monoisotopic (exact) mass is 198 g/mol. The maximum absolute atomic E-state index is 11.4. The van der Waals surface area contributed by atoms with E-state index >= 15 is 0 Å². The minimum Gasteiger partial charge on any atom is -0.376 e. The molecular weight excluding hydrogens is 180 g/mol. The van der Waals surface area contributed by atoms with E-state index in [0.29, 0.717) is 12.6 Å². The summed E-state index contributed by atoms with van der Waals surface area (Å²) in [7, 11) is 0. The Kier molecular flexibility index (Phi) is 3.03. The second-order valence-corrected chi connectivity index (χ2v) is 4.19. The number of nitrogens with one attached hydrogen (secondary N) is 2. The molecule has 2 fully saturated rings. The molecule has 0 aromatic heterocycles. The summed E-state index contributed by atoms with van der Waals surface area (Å²) >= 11 is 0. The molecule has 4 heteroatoms. The molecule has 1 saturated heterocycles. The van der Waals surface area contributed by atoms with Crippen LogP contribution in [0.3, 0.4) is 0 Å². The van der Waals surface area contributed by atoms with E-state index in [1.165, 1.54) is 12.8 Å². The van der Waals surface area contributed by atoms with Gasteiger partial charge in [0.1, 0.15) is 0 Å². The summed E-state index contributed by atoms with van der Waals surface area (Å²) in [5.74, 6) is 0.0965. The molecule has 1 aliphatic carbocycles. The second-order valence-electron chi connectivity index (χ2n) is 4.19. The third-order valence-electron chi connectivity index (χ3n) is 2.85. The van der Waals surface area contributed by atoms with E-state index in [2.05, 4.69) is 10.6 Å². The van der Waals surface area contributed by atoms with E-state index in [1.54, 1.807) is 0 Å². The molecule has 1 aliphatic heterocycles. The van der Waals surface area contributed by atoms with Crippen molar-refractivity contribution in [3.63, 3.8) is 0 Å². The maximum atomic E-state index is 11.4. The lowest BCUT2D eigenvalue weighted by atomic mass is 10.1. The Bertz CT molecular complexity index is 216. The minimum absolute atomic E-state index is 0.0965. The molecule has 1 saturated carbocycles. The highest BCUT2D eigenvalue weighted by molar-refractivity contribution is 5.78. The minimum atomic E-state index is 0.0965. The predicted molar refractivity (Wildman–Crippen MR) is 53.0 cm³/mol. The van der Waals surface area contributed by atoms with Crippen molar-refractivity contribution < 1.29 is 9.53 Å². The van der Waals surface area contributed by atoms with Gasteiger partial charge in [-0.25, -0.2) is 0 Å². The Morgan fingerprint density at radius 1 is 1.43 bits per heavy atom. The molecule has 2 aliphatic rings. The lowest BCUT2D eigenvalue weighted by molar-refractivity contribution is -0.121. The van der Waals surface area contributed by atoms with E-state index in [0.717, 1.165) is 13.0 Å². The van der Waals surface area contributed by atoms with Crippen LogP contribution in [0.25, 0.3) is 0 Å². The van der Waals surface area contributed by atoms with Crippen LogP contribution in [0.4, 0.5) is 0 Å². The van der Waals surface area contributed by atoms with Gasteiger partial charge >= 0.3 is 0 Å². The zero-order valence-corrected chi connectivity index (χ0v) is 8.58. The number of ether oxygens (including phenoxy) is 1. The molecule has 2 atom stereocenters. The summed E-state index contributed by atoms with van der Waals surface area (Å²) in [5.41, 5.74) is 0. The summed E-state index contributed by atoms with van der Waals surface area (Å²) in [6.45, 7) is 3.22. The van der Waals surface area contributed by atoms with Crippen LogP contribution < -0.4 is 10.6 Å². The van der Waals surface area contributed by atoms with E-state index in [9.17, 15) is 4.79 Å². The van der Waals surface area contributed by atoms with Crippen molar-refractivity contribution in [1.29, 1.82) is 0 Å². The Morgan fingerprint density at radius 3 is 2.79 bits per heavy atom. The number of carbonyl (C=O) groups is 1. The summed E-state index contributed by atoms with van der Waals surface area (Å²) in [5, 5.41) is 6.18. The van der Waals surface area contributed by atoms with Crippen LogP contribution in [0.1, 0.15) is 26.2 Å². The lowest BCUT2D eigenvalue weighted by Crippen LogP contribution is -2.43. The van der Waals surface area contributed by atoms with Crippen molar-refractivity contribution in [1.82, 2.24) is 10.6 Å². The molecular formula is C10H18N2O2. The van der Waals surface area contributed by atoms with Crippen LogP contribution in [0.15, 0.2) is 0 Å². The van der Waals surface area contributed by atoms with Gasteiger partial charge in [-0.1, -0.05) is 0 Å². The number of amides is 1. The molecule has 0 aromatic rings. The van der Waals surface area contributed by atoms with E-state index in [1.807, 2.05) is 6.92 Å². The third-order valence-corrected chi connectivity index (χ3v) is 2.85. The van der Waals surface area contributed by atoms with E-state index < -0.39 is 0 Å². The van der Waals surface area contributed by atoms with Crippen molar-refractivity contribution >= 4 is 5.91 Å². The number of carbonyl (C=O) groups excluding carboxylic acids is 1. The SMILES string of the molecule is CC1OCCC1NC(=O)CNC1CC1. The Morgan fingerprint density at radius 2 is 2.21 bits per heavy atom. The molecule has 1 heterocycles. The number of rotatable bonds is 4. The van der Waals surface area contributed by atoms with Gasteiger partial charge in [-0.2, -0.15) is 0 Å². The van der Waals surface area contributed by atoms with Crippen molar-refractivity contribution in [2.45, 2.75) is 44.4 Å². The first-order valence-electron chi connectivity index (χ1n) is 5.40. The van der Waals surface area contributed by atoms with Gasteiger partial charge in [-0.15, -0.1) is 0 Å². The molecule has 2 rings (SSSR count). The highest BCUT2D eigenvalue weighted by Crippen LogP contribution is 2.18.